The molecular formula is C18H26N4O3. The highest BCUT2D eigenvalue weighted by Crippen LogP contribution is 2.16. The minimum atomic E-state index is -0.331. The summed E-state index contributed by atoms with van der Waals surface area (Å²) in [6.07, 6.45) is 1.57. The molecule has 3 N–H and O–H groups in total. The summed E-state index contributed by atoms with van der Waals surface area (Å²) < 4.78 is 0. The minimum Gasteiger partial charge on any atom is -0.369 e. The van der Waals surface area contributed by atoms with Crippen LogP contribution < -0.4 is 11.1 Å². The molecule has 0 spiro atoms. The Balaban J connectivity index is 1.86. The first kappa shape index (κ1) is 18.9. The van der Waals surface area contributed by atoms with Gasteiger partial charge >= 0.3 is 0 Å². The van der Waals surface area contributed by atoms with Crippen LogP contribution in [0, 0.1) is 5.92 Å². The highest BCUT2D eigenvalue weighted by Gasteiger charge is 2.27. The number of piperidine rings is 1. The Morgan fingerprint density at radius 2 is 1.96 bits per heavy atom. The largest absolute Gasteiger partial charge is 0.369 e. The van der Waals surface area contributed by atoms with E-state index in [0.717, 1.165) is 18.4 Å². The van der Waals surface area contributed by atoms with Crippen molar-refractivity contribution in [3.63, 3.8) is 0 Å². The summed E-state index contributed by atoms with van der Waals surface area (Å²) in [6.45, 7) is 1.98. The first-order valence-corrected chi connectivity index (χ1v) is 8.47. The molecule has 1 heterocycles. The molecule has 25 heavy (non-hydrogen) atoms. The van der Waals surface area contributed by atoms with Gasteiger partial charge in [0.05, 0.1) is 12.5 Å². The van der Waals surface area contributed by atoms with Crippen LogP contribution in [0.1, 0.15) is 28.8 Å². The number of likely N-dealkylation sites (tertiary alicyclic amines) is 1. The van der Waals surface area contributed by atoms with E-state index < -0.39 is 0 Å². The van der Waals surface area contributed by atoms with Crippen molar-refractivity contribution >= 4 is 17.7 Å². The lowest BCUT2D eigenvalue weighted by atomic mass is 9.97. The molecule has 2 rings (SSSR count). The average Bonchev–Trinajstić information content (AvgIpc) is 2.61. The first-order valence-electron chi connectivity index (χ1n) is 8.47. The van der Waals surface area contributed by atoms with E-state index in [1.165, 1.54) is 0 Å². The summed E-state index contributed by atoms with van der Waals surface area (Å²) in [5, 5.41) is 2.58. The number of benzene rings is 1. The Kier molecular flexibility index (Phi) is 6.52. The zero-order valence-corrected chi connectivity index (χ0v) is 14.8. The van der Waals surface area contributed by atoms with Crippen molar-refractivity contribution in [2.24, 2.45) is 11.7 Å². The standard InChI is InChI=1S/C18H26N4O3/c1-20-18(25)14-7-5-13(6-8-14)10-21(2)12-16(23)22-9-3-4-15(11-22)17(19)24/h5-8,15H,3-4,9-12H2,1-2H3,(H2,19,24)(H,20,25). The third-order valence-corrected chi connectivity index (χ3v) is 4.48. The van der Waals surface area contributed by atoms with E-state index >= 15 is 0 Å². The molecule has 0 aromatic heterocycles. The zero-order valence-electron chi connectivity index (χ0n) is 14.8. The summed E-state index contributed by atoms with van der Waals surface area (Å²) in [5.74, 6) is -0.679. The fourth-order valence-electron chi connectivity index (χ4n) is 3.04. The number of nitrogens with zero attached hydrogens (tertiary/aromatic N) is 2. The van der Waals surface area contributed by atoms with Gasteiger partial charge in [0.1, 0.15) is 0 Å². The summed E-state index contributed by atoms with van der Waals surface area (Å²) in [5.41, 5.74) is 6.99. The maximum absolute atomic E-state index is 12.4. The van der Waals surface area contributed by atoms with Gasteiger partial charge in [-0.15, -0.1) is 0 Å². The van der Waals surface area contributed by atoms with Gasteiger partial charge in [0.25, 0.3) is 5.91 Å². The maximum atomic E-state index is 12.4. The number of likely N-dealkylation sites (N-methyl/N-ethyl adjacent to an activating group) is 1. The number of rotatable bonds is 6. The summed E-state index contributed by atoms with van der Waals surface area (Å²) >= 11 is 0. The fraction of sp³-hybridized carbons (Fsp3) is 0.500. The van der Waals surface area contributed by atoms with Crippen molar-refractivity contribution in [3.05, 3.63) is 35.4 Å². The van der Waals surface area contributed by atoms with Gasteiger partial charge in [-0.05, 0) is 37.6 Å². The topological polar surface area (TPSA) is 95.7 Å². The SMILES string of the molecule is CNC(=O)c1ccc(CN(C)CC(=O)N2CCCC(C(N)=O)C2)cc1. The Morgan fingerprint density at radius 3 is 2.56 bits per heavy atom. The number of hydrogen-bond acceptors (Lipinski definition) is 4. The van der Waals surface area contributed by atoms with Gasteiger partial charge < -0.3 is 16.0 Å². The monoisotopic (exact) mass is 346 g/mol. The predicted molar refractivity (Wildman–Crippen MR) is 94.7 cm³/mol. The van der Waals surface area contributed by atoms with Gasteiger partial charge in [0.15, 0.2) is 0 Å². The minimum absolute atomic E-state index is 0.00966. The van der Waals surface area contributed by atoms with E-state index in [9.17, 15) is 14.4 Å². The lowest BCUT2D eigenvalue weighted by Gasteiger charge is -2.32. The number of primary amides is 1. The molecule has 1 aromatic rings. The number of amides is 3. The molecule has 7 heteroatoms. The van der Waals surface area contributed by atoms with Gasteiger partial charge in [0, 0.05) is 32.2 Å². The van der Waals surface area contributed by atoms with Gasteiger partial charge in [-0.25, -0.2) is 0 Å². The van der Waals surface area contributed by atoms with Crippen molar-refractivity contribution in [2.75, 3.05) is 33.7 Å². The average molecular weight is 346 g/mol. The van der Waals surface area contributed by atoms with Crippen LogP contribution in [-0.4, -0.2) is 61.3 Å². The van der Waals surface area contributed by atoms with E-state index in [-0.39, 0.29) is 30.2 Å². The van der Waals surface area contributed by atoms with Crippen LogP contribution in [0.5, 0.6) is 0 Å². The van der Waals surface area contributed by atoms with Crippen LogP contribution >= 0.6 is 0 Å². The van der Waals surface area contributed by atoms with E-state index in [4.69, 9.17) is 5.73 Å². The Morgan fingerprint density at radius 1 is 1.28 bits per heavy atom. The molecular weight excluding hydrogens is 320 g/mol. The quantitative estimate of drug-likeness (QED) is 0.769. The molecule has 3 amide bonds. The molecule has 1 fully saturated rings. The molecule has 0 bridgehead atoms. The molecule has 1 saturated heterocycles. The van der Waals surface area contributed by atoms with Crippen molar-refractivity contribution in [3.8, 4) is 0 Å². The second-order valence-corrected chi connectivity index (χ2v) is 6.53. The second kappa shape index (κ2) is 8.62. The Bertz CT molecular complexity index is 630. The lowest BCUT2D eigenvalue weighted by molar-refractivity contribution is -0.135. The van der Waals surface area contributed by atoms with Crippen LogP contribution in [0.3, 0.4) is 0 Å². The molecule has 0 saturated carbocycles. The molecule has 0 aliphatic carbocycles. The van der Waals surface area contributed by atoms with Gasteiger partial charge in [-0.1, -0.05) is 12.1 Å². The molecule has 1 unspecified atom stereocenters. The highest BCUT2D eigenvalue weighted by molar-refractivity contribution is 5.93. The van der Waals surface area contributed by atoms with Crippen LogP contribution in [0.25, 0.3) is 0 Å². The fourth-order valence-corrected chi connectivity index (χ4v) is 3.04. The normalized spacial score (nSPS) is 17.4. The zero-order chi connectivity index (χ0) is 18.4. The number of carbonyl (C=O) groups is 3. The van der Waals surface area contributed by atoms with E-state index in [0.29, 0.717) is 25.2 Å². The van der Waals surface area contributed by atoms with Crippen LogP contribution in [-0.2, 0) is 16.1 Å². The van der Waals surface area contributed by atoms with Crippen LogP contribution in [0.15, 0.2) is 24.3 Å². The summed E-state index contributed by atoms with van der Waals surface area (Å²) in [6, 6.07) is 7.31. The number of nitrogens with two attached hydrogens (primary N) is 1. The molecule has 7 nitrogen and oxygen atoms in total. The molecule has 1 atom stereocenters. The first-order chi connectivity index (χ1) is 11.9. The third kappa shape index (κ3) is 5.29. The van der Waals surface area contributed by atoms with Gasteiger partial charge in [0.2, 0.25) is 11.8 Å². The van der Waals surface area contributed by atoms with Crippen molar-refractivity contribution < 1.29 is 14.4 Å². The molecule has 1 aromatic carbocycles. The van der Waals surface area contributed by atoms with Crippen LogP contribution in [0.2, 0.25) is 0 Å². The smallest absolute Gasteiger partial charge is 0.251 e. The molecule has 136 valence electrons. The number of carbonyl (C=O) groups excluding carboxylic acids is 3. The van der Waals surface area contributed by atoms with Gasteiger partial charge in [-0.2, -0.15) is 0 Å². The maximum Gasteiger partial charge on any atom is 0.251 e. The Labute approximate surface area is 148 Å². The van der Waals surface area contributed by atoms with Crippen molar-refractivity contribution in [1.82, 2.24) is 15.1 Å². The van der Waals surface area contributed by atoms with Crippen LogP contribution in [0.4, 0.5) is 0 Å². The number of nitrogens with one attached hydrogen (secondary N) is 1. The van der Waals surface area contributed by atoms with Crippen molar-refractivity contribution in [1.29, 1.82) is 0 Å². The lowest BCUT2D eigenvalue weighted by Crippen LogP contribution is -2.47. The Hall–Kier alpha value is -2.41. The summed E-state index contributed by atoms with van der Waals surface area (Å²) in [4.78, 5) is 38.9. The highest BCUT2D eigenvalue weighted by atomic mass is 16.2. The van der Waals surface area contributed by atoms with E-state index in [1.54, 1.807) is 24.1 Å². The molecule has 0 radical (unpaired) electrons. The molecule has 1 aliphatic rings. The van der Waals surface area contributed by atoms with Crippen molar-refractivity contribution in [2.45, 2.75) is 19.4 Å². The number of hydrogen-bond donors (Lipinski definition) is 2. The van der Waals surface area contributed by atoms with E-state index in [1.807, 2.05) is 24.1 Å². The summed E-state index contributed by atoms with van der Waals surface area (Å²) in [7, 11) is 3.47. The second-order valence-electron chi connectivity index (χ2n) is 6.53. The molecule has 1 aliphatic heterocycles. The third-order valence-electron chi connectivity index (χ3n) is 4.48. The van der Waals surface area contributed by atoms with Gasteiger partial charge in [-0.3, -0.25) is 19.3 Å². The predicted octanol–water partition coefficient (Wildman–Crippen LogP) is 0.202. The van der Waals surface area contributed by atoms with E-state index in [2.05, 4.69) is 5.32 Å².